The van der Waals surface area contributed by atoms with Crippen LogP contribution in [0.1, 0.15) is 22.8 Å². The summed E-state index contributed by atoms with van der Waals surface area (Å²) in [6.45, 7) is 1.38. The Hall–Kier alpha value is -4.31. The smallest absolute Gasteiger partial charge is 0.344 e. The van der Waals surface area contributed by atoms with Gasteiger partial charge in [-0.05, 0) is 70.0 Å². The summed E-state index contributed by atoms with van der Waals surface area (Å²) in [7, 11) is 0. The monoisotopic (exact) mass is 522 g/mol. The SMILES string of the molecule is CC(=O)Nc1ccc(NC(=O)C(=O)NN=Cc2cccc(OC(=O)c3ccccc3Br)c2)cc1. The molecule has 0 saturated heterocycles. The zero-order chi connectivity index (χ0) is 24.5. The van der Waals surface area contributed by atoms with E-state index >= 15 is 0 Å². The molecule has 0 spiro atoms. The second-order valence-electron chi connectivity index (χ2n) is 6.85. The number of nitrogens with zero attached hydrogens (tertiary/aromatic N) is 1. The molecule has 9 nitrogen and oxygen atoms in total. The van der Waals surface area contributed by atoms with Gasteiger partial charge in [0.2, 0.25) is 5.91 Å². The van der Waals surface area contributed by atoms with Crippen LogP contribution < -0.4 is 20.8 Å². The van der Waals surface area contributed by atoms with Crippen molar-refractivity contribution in [3.05, 3.63) is 88.4 Å². The molecule has 0 atom stereocenters. The van der Waals surface area contributed by atoms with Crippen molar-refractivity contribution in [1.29, 1.82) is 0 Å². The van der Waals surface area contributed by atoms with Gasteiger partial charge >= 0.3 is 17.8 Å². The van der Waals surface area contributed by atoms with Crippen molar-refractivity contribution in [3.8, 4) is 5.75 Å². The van der Waals surface area contributed by atoms with E-state index in [9.17, 15) is 19.2 Å². The molecule has 0 aromatic heterocycles. The lowest BCUT2D eigenvalue weighted by Gasteiger charge is -2.07. The summed E-state index contributed by atoms with van der Waals surface area (Å²) >= 11 is 3.31. The molecular formula is C24H19BrN4O5. The van der Waals surface area contributed by atoms with E-state index in [1.807, 2.05) is 0 Å². The third-order valence-corrected chi connectivity index (χ3v) is 4.90. The molecule has 3 aromatic rings. The third kappa shape index (κ3) is 7.10. The average molecular weight is 523 g/mol. The predicted molar refractivity (Wildman–Crippen MR) is 131 cm³/mol. The van der Waals surface area contributed by atoms with Gasteiger partial charge in [-0.15, -0.1) is 0 Å². The lowest BCUT2D eigenvalue weighted by atomic mass is 10.2. The summed E-state index contributed by atoms with van der Waals surface area (Å²) in [5.41, 5.74) is 3.98. The van der Waals surface area contributed by atoms with E-state index in [0.717, 1.165) is 0 Å². The van der Waals surface area contributed by atoms with Gasteiger partial charge in [-0.25, -0.2) is 10.2 Å². The van der Waals surface area contributed by atoms with Crippen molar-refractivity contribution < 1.29 is 23.9 Å². The first-order chi connectivity index (χ1) is 16.3. The number of halogens is 1. The molecule has 3 N–H and O–H groups in total. The Kier molecular flexibility index (Phi) is 8.25. The second-order valence-corrected chi connectivity index (χ2v) is 7.71. The summed E-state index contributed by atoms with van der Waals surface area (Å²) in [5, 5.41) is 8.78. The number of esters is 1. The van der Waals surface area contributed by atoms with E-state index in [1.54, 1.807) is 72.8 Å². The van der Waals surface area contributed by atoms with Crippen LogP contribution >= 0.6 is 15.9 Å². The topological polar surface area (TPSA) is 126 Å². The first-order valence-corrected chi connectivity index (χ1v) is 10.7. The standard InChI is InChI=1S/C24H19BrN4O5/c1-15(30)27-17-9-11-18(12-10-17)28-22(31)23(32)29-26-14-16-5-4-6-19(13-16)34-24(33)20-7-2-3-8-21(20)25/h2-14H,1H3,(H,27,30)(H,28,31)(H,29,32). The Morgan fingerprint density at radius 1 is 0.853 bits per heavy atom. The van der Waals surface area contributed by atoms with Crippen LogP contribution in [0.3, 0.4) is 0 Å². The van der Waals surface area contributed by atoms with Crippen LogP contribution in [0.15, 0.2) is 82.4 Å². The number of ether oxygens (including phenoxy) is 1. The molecule has 0 bridgehead atoms. The first kappa shape index (κ1) is 24.3. The normalized spacial score (nSPS) is 10.4. The van der Waals surface area contributed by atoms with Gasteiger partial charge < -0.3 is 15.4 Å². The summed E-state index contributed by atoms with van der Waals surface area (Å²) in [6, 6.07) is 19.6. The highest BCUT2D eigenvalue weighted by Gasteiger charge is 2.14. The van der Waals surface area contributed by atoms with E-state index in [-0.39, 0.29) is 11.7 Å². The molecule has 3 aromatic carbocycles. The Balaban J connectivity index is 1.54. The maximum Gasteiger partial charge on any atom is 0.344 e. The first-order valence-electron chi connectivity index (χ1n) is 9.90. The van der Waals surface area contributed by atoms with Gasteiger partial charge in [0.25, 0.3) is 0 Å². The fraction of sp³-hybridized carbons (Fsp3) is 0.0417. The molecule has 0 aliphatic rings. The van der Waals surface area contributed by atoms with E-state index in [4.69, 9.17) is 4.74 Å². The largest absolute Gasteiger partial charge is 0.423 e. The second kappa shape index (κ2) is 11.5. The van der Waals surface area contributed by atoms with Crippen molar-refractivity contribution in [3.63, 3.8) is 0 Å². The van der Waals surface area contributed by atoms with E-state index < -0.39 is 17.8 Å². The van der Waals surface area contributed by atoms with Crippen LogP contribution in [0.25, 0.3) is 0 Å². The van der Waals surface area contributed by atoms with Gasteiger partial charge in [-0.1, -0.05) is 24.3 Å². The van der Waals surface area contributed by atoms with Gasteiger partial charge in [-0.3, -0.25) is 14.4 Å². The third-order valence-electron chi connectivity index (χ3n) is 4.21. The van der Waals surface area contributed by atoms with Crippen molar-refractivity contribution >= 4 is 57.2 Å². The molecule has 0 aliphatic heterocycles. The number of anilines is 2. The van der Waals surface area contributed by atoms with Gasteiger partial charge in [0.1, 0.15) is 5.75 Å². The molecule has 0 heterocycles. The van der Waals surface area contributed by atoms with E-state index in [2.05, 4.69) is 37.1 Å². The number of hydrogen-bond donors (Lipinski definition) is 3. The molecule has 172 valence electrons. The predicted octanol–water partition coefficient (Wildman–Crippen LogP) is 3.72. The quantitative estimate of drug-likeness (QED) is 0.149. The minimum absolute atomic E-state index is 0.220. The van der Waals surface area contributed by atoms with Gasteiger partial charge in [0.15, 0.2) is 0 Å². The number of amides is 3. The van der Waals surface area contributed by atoms with E-state index in [0.29, 0.717) is 27.0 Å². The molecule has 10 heteroatoms. The number of benzene rings is 3. The molecule has 0 saturated carbocycles. The van der Waals surface area contributed by atoms with Crippen LogP contribution in [0.4, 0.5) is 11.4 Å². The maximum atomic E-state index is 12.3. The number of hydrazone groups is 1. The highest BCUT2D eigenvalue weighted by molar-refractivity contribution is 9.10. The average Bonchev–Trinajstić information content (AvgIpc) is 2.80. The molecule has 3 rings (SSSR count). The van der Waals surface area contributed by atoms with Crippen LogP contribution in [-0.2, 0) is 14.4 Å². The Morgan fingerprint density at radius 2 is 1.53 bits per heavy atom. The maximum absolute atomic E-state index is 12.3. The zero-order valence-corrected chi connectivity index (χ0v) is 19.5. The highest BCUT2D eigenvalue weighted by Crippen LogP contribution is 2.19. The van der Waals surface area contributed by atoms with Crippen molar-refractivity contribution in [2.24, 2.45) is 5.10 Å². The van der Waals surface area contributed by atoms with Crippen LogP contribution in [0.2, 0.25) is 0 Å². The van der Waals surface area contributed by atoms with Crippen LogP contribution in [0, 0.1) is 0 Å². The minimum Gasteiger partial charge on any atom is -0.423 e. The van der Waals surface area contributed by atoms with Crippen LogP contribution in [0.5, 0.6) is 5.75 Å². The molecule has 0 unspecified atom stereocenters. The number of hydrogen-bond acceptors (Lipinski definition) is 6. The summed E-state index contributed by atoms with van der Waals surface area (Å²) in [6.07, 6.45) is 1.31. The van der Waals surface area contributed by atoms with Crippen LogP contribution in [-0.4, -0.2) is 29.9 Å². The molecule has 3 amide bonds. The van der Waals surface area contributed by atoms with Crippen molar-refractivity contribution in [1.82, 2.24) is 5.43 Å². The van der Waals surface area contributed by atoms with Gasteiger partial charge in [0, 0.05) is 22.8 Å². The fourth-order valence-corrected chi connectivity index (χ4v) is 3.14. The molecular weight excluding hydrogens is 504 g/mol. The fourth-order valence-electron chi connectivity index (χ4n) is 2.69. The van der Waals surface area contributed by atoms with Crippen molar-refractivity contribution in [2.75, 3.05) is 10.6 Å². The minimum atomic E-state index is -0.973. The lowest BCUT2D eigenvalue weighted by molar-refractivity contribution is -0.136. The van der Waals surface area contributed by atoms with E-state index in [1.165, 1.54) is 13.1 Å². The summed E-state index contributed by atoms with van der Waals surface area (Å²) in [4.78, 5) is 47.4. The molecule has 0 fully saturated rings. The summed E-state index contributed by atoms with van der Waals surface area (Å²) in [5.74, 6) is -2.35. The zero-order valence-electron chi connectivity index (χ0n) is 17.9. The summed E-state index contributed by atoms with van der Waals surface area (Å²) < 4.78 is 5.99. The Bertz CT molecular complexity index is 1260. The number of nitrogens with one attached hydrogen (secondary N) is 3. The molecule has 0 aliphatic carbocycles. The molecule has 0 radical (unpaired) electrons. The number of carbonyl (C=O) groups excluding carboxylic acids is 4. The lowest BCUT2D eigenvalue weighted by Crippen LogP contribution is -2.32. The van der Waals surface area contributed by atoms with Gasteiger partial charge in [-0.2, -0.15) is 5.10 Å². The Morgan fingerprint density at radius 3 is 2.21 bits per heavy atom. The van der Waals surface area contributed by atoms with Gasteiger partial charge in [0.05, 0.1) is 11.8 Å². The van der Waals surface area contributed by atoms with Crippen molar-refractivity contribution in [2.45, 2.75) is 6.92 Å². The highest BCUT2D eigenvalue weighted by atomic mass is 79.9. The Labute approximate surface area is 203 Å². The number of rotatable bonds is 6. The number of carbonyl (C=O) groups is 4. The molecule has 34 heavy (non-hydrogen) atoms.